The minimum atomic E-state index is -6.31. The third-order valence-electron chi connectivity index (χ3n) is 3.71. The number of piperazine rings is 1. The first-order valence-corrected chi connectivity index (χ1v) is 9.84. The van der Waals surface area contributed by atoms with E-state index >= 15 is 0 Å². The molecular formula is C11H18F5N3O4S2. The van der Waals surface area contributed by atoms with E-state index in [1.54, 1.807) is 11.9 Å². The van der Waals surface area contributed by atoms with Gasteiger partial charge in [-0.1, -0.05) is 6.08 Å². The van der Waals surface area contributed by atoms with Crippen LogP contribution in [0.25, 0.3) is 0 Å². The predicted octanol–water partition coefficient (Wildman–Crippen LogP) is 0.322. The smallest absolute Gasteiger partial charge is 0.304 e. The fourth-order valence-corrected chi connectivity index (χ4v) is 4.51. The van der Waals surface area contributed by atoms with Crippen LogP contribution in [0, 0.1) is 0 Å². The fraction of sp³-hybridized carbons (Fsp3) is 0.818. The van der Waals surface area contributed by atoms with Gasteiger partial charge in [-0.05, 0) is 20.0 Å². The van der Waals surface area contributed by atoms with Crippen LogP contribution in [0.2, 0.25) is 0 Å². The molecule has 0 spiro atoms. The van der Waals surface area contributed by atoms with Gasteiger partial charge in [0.15, 0.2) is 0 Å². The summed E-state index contributed by atoms with van der Waals surface area (Å²) in [5.74, 6) is -6.18. The minimum absolute atomic E-state index is 0.0439. The molecule has 0 aromatic rings. The van der Waals surface area contributed by atoms with Crippen LogP contribution in [0.3, 0.4) is 0 Å². The number of sulfonamides is 2. The molecule has 0 aromatic heterocycles. The van der Waals surface area contributed by atoms with Gasteiger partial charge in [0.1, 0.15) is 0 Å². The first-order chi connectivity index (χ1) is 11.1. The Kier molecular flexibility index (Phi) is 5.97. The Labute approximate surface area is 142 Å². The summed E-state index contributed by atoms with van der Waals surface area (Å²) in [6.45, 7) is 0.141. The lowest BCUT2D eigenvalue weighted by molar-refractivity contribution is -0.196. The number of nitrogens with two attached hydrogens (primary N) is 1. The molecule has 1 fully saturated rings. The fourth-order valence-electron chi connectivity index (χ4n) is 2.16. The van der Waals surface area contributed by atoms with Gasteiger partial charge in [0, 0.05) is 26.2 Å². The van der Waals surface area contributed by atoms with Crippen molar-refractivity contribution < 1.29 is 38.8 Å². The molecule has 1 aliphatic heterocycles. The van der Waals surface area contributed by atoms with Crippen LogP contribution in [-0.2, 0) is 20.0 Å². The maximum absolute atomic E-state index is 15.0. The van der Waals surface area contributed by atoms with Crippen molar-refractivity contribution in [2.24, 2.45) is 5.14 Å². The molecule has 25 heavy (non-hydrogen) atoms. The van der Waals surface area contributed by atoms with E-state index in [-0.39, 0.29) is 23.5 Å². The van der Waals surface area contributed by atoms with E-state index in [2.05, 4.69) is 5.14 Å². The lowest BCUT2D eigenvalue weighted by Crippen LogP contribution is -2.66. The van der Waals surface area contributed by atoms with Gasteiger partial charge >= 0.3 is 16.2 Å². The first kappa shape index (κ1) is 22.2. The maximum atomic E-state index is 15.0. The second kappa shape index (κ2) is 6.72. The Morgan fingerprint density at radius 2 is 1.40 bits per heavy atom. The number of hydrogen-bond acceptors (Lipinski definition) is 5. The number of rotatable bonds is 6. The largest absolute Gasteiger partial charge is 0.425 e. The molecule has 14 heteroatoms. The highest BCUT2D eigenvalue weighted by Gasteiger charge is 2.79. The quantitative estimate of drug-likeness (QED) is 0.498. The second-order valence-corrected chi connectivity index (χ2v) is 9.15. The molecule has 0 saturated carbocycles. The maximum Gasteiger partial charge on any atom is 0.425 e. The Bertz CT molecular complexity index is 733. The van der Waals surface area contributed by atoms with Crippen molar-refractivity contribution in [3.05, 3.63) is 12.2 Å². The van der Waals surface area contributed by atoms with Crippen molar-refractivity contribution >= 4 is 20.0 Å². The molecule has 1 saturated heterocycles. The molecule has 1 rings (SSSR count). The van der Waals surface area contributed by atoms with Gasteiger partial charge in [0.05, 0.1) is 0 Å². The lowest BCUT2D eigenvalue weighted by Gasteiger charge is -2.39. The van der Waals surface area contributed by atoms with Gasteiger partial charge in [-0.2, -0.15) is 21.9 Å². The summed E-state index contributed by atoms with van der Waals surface area (Å²) < 4.78 is 117. The van der Waals surface area contributed by atoms with Crippen molar-refractivity contribution in [1.29, 1.82) is 0 Å². The standard InChI is InChI=1S/C11H18F5N3O4S2/c1-3-4-9(12,10(13,14)11(15,16)24(17,20)21)25(22,23)19-7-5-18(2)6-8-19/h3-4H,5-8H2,1-2H3,(H2,17,20,21). The van der Waals surface area contributed by atoms with Crippen LogP contribution in [0.15, 0.2) is 12.2 Å². The van der Waals surface area contributed by atoms with Gasteiger partial charge in [0.2, 0.25) is 0 Å². The van der Waals surface area contributed by atoms with E-state index in [0.29, 0.717) is 6.08 Å². The van der Waals surface area contributed by atoms with Crippen molar-refractivity contribution in [2.45, 2.75) is 23.1 Å². The monoisotopic (exact) mass is 415 g/mol. The van der Waals surface area contributed by atoms with Crippen LogP contribution in [0.5, 0.6) is 0 Å². The van der Waals surface area contributed by atoms with Crippen LogP contribution in [0.4, 0.5) is 22.0 Å². The molecule has 0 aromatic carbocycles. The van der Waals surface area contributed by atoms with E-state index < -0.39 is 49.3 Å². The zero-order valence-corrected chi connectivity index (χ0v) is 14.9. The highest BCUT2D eigenvalue weighted by atomic mass is 32.2. The molecule has 0 amide bonds. The highest BCUT2D eigenvalue weighted by Crippen LogP contribution is 2.50. The molecule has 1 unspecified atom stereocenters. The summed E-state index contributed by atoms with van der Waals surface area (Å²) in [6, 6.07) is 0. The average Bonchev–Trinajstić information content (AvgIpc) is 2.46. The zero-order chi connectivity index (χ0) is 19.9. The van der Waals surface area contributed by atoms with E-state index in [9.17, 15) is 38.8 Å². The minimum Gasteiger partial charge on any atom is -0.304 e. The van der Waals surface area contributed by atoms with Gasteiger partial charge < -0.3 is 4.90 Å². The van der Waals surface area contributed by atoms with Crippen LogP contribution in [-0.4, -0.2) is 75.4 Å². The van der Waals surface area contributed by atoms with E-state index in [0.717, 1.165) is 6.92 Å². The van der Waals surface area contributed by atoms with Crippen molar-refractivity contribution in [1.82, 2.24) is 9.21 Å². The number of halogens is 5. The van der Waals surface area contributed by atoms with Gasteiger partial charge in [-0.25, -0.2) is 26.4 Å². The molecule has 7 nitrogen and oxygen atoms in total. The van der Waals surface area contributed by atoms with Crippen molar-refractivity contribution in [2.75, 3.05) is 33.2 Å². The summed E-state index contributed by atoms with van der Waals surface area (Å²) in [5.41, 5.74) is 0. The first-order valence-electron chi connectivity index (χ1n) is 6.85. The number of hydrogen-bond donors (Lipinski definition) is 1. The summed E-state index contributed by atoms with van der Waals surface area (Å²) in [4.78, 5) is 1.61. The number of allylic oxidation sites excluding steroid dienone is 1. The van der Waals surface area contributed by atoms with Gasteiger partial charge in [-0.3, -0.25) is 0 Å². The molecule has 0 radical (unpaired) electrons. The second-order valence-electron chi connectivity index (χ2n) is 5.49. The Hall–Kier alpha value is -0.830. The Balaban J connectivity index is 3.55. The molecule has 0 aliphatic carbocycles. The number of nitrogens with zero attached hydrogens (tertiary/aromatic N) is 2. The van der Waals surface area contributed by atoms with Crippen molar-refractivity contribution in [3.8, 4) is 0 Å². The van der Waals surface area contributed by atoms with Crippen LogP contribution in [0.1, 0.15) is 6.92 Å². The average molecular weight is 415 g/mol. The van der Waals surface area contributed by atoms with E-state index in [1.807, 2.05) is 0 Å². The third-order valence-corrected chi connectivity index (χ3v) is 6.87. The highest BCUT2D eigenvalue weighted by molar-refractivity contribution is 7.91. The van der Waals surface area contributed by atoms with Gasteiger partial charge in [-0.15, -0.1) is 0 Å². The van der Waals surface area contributed by atoms with Crippen LogP contribution >= 0.6 is 0 Å². The molecule has 0 bridgehead atoms. The Morgan fingerprint density at radius 1 is 0.960 bits per heavy atom. The summed E-state index contributed by atoms with van der Waals surface area (Å²) in [6.07, 6.45) is 0.167. The number of alkyl halides is 5. The molecular weight excluding hydrogens is 397 g/mol. The summed E-state index contributed by atoms with van der Waals surface area (Å²) in [7, 11) is -10.4. The van der Waals surface area contributed by atoms with Crippen LogP contribution < -0.4 is 5.14 Å². The molecule has 1 atom stereocenters. The molecule has 2 N–H and O–H groups in total. The van der Waals surface area contributed by atoms with Crippen molar-refractivity contribution in [3.63, 3.8) is 0 Å². The SMILES string of the molecule is CC=CC(F)(C(F)(F)C(F)(F)S(N)(=O)=O)S(=O)(=O)N1CCN(C)CC1. The molecule has 1 aliphatic rings. The zero-order valence-electron chi connectivity index (χ0n) is 13.3. The predicted molar refractivity (Wildman–Crippen MR) is 79.6 cm³/mol. The molecule has 148 valence electrons. The molecule has 1 heterocycles. The number of primary sulfonamides is 1. The summed E-state index contributed by atoms with van der Waals surface area (Å²) >= 11 is 0. The number of likely N-dealkylation sites (N-methyl/N-ethyl adjacent to an activating group) is 1. The topological polar surface area (TPSA) is 101 Å². The van der Waals surface area contributed by atoms with Gasteiger partial charge in [0.25, 0.3) is 20.0 Å². The third kappa shape index (κ3) is 3.41. The normalized spacial score (nSPS) is 22.2. The lowest BCUT2D eigenvalue weighted by atomic mass is 10.2. The summed E-state index contributed by atoms with van der Waals surface area (Å²) in [5, 5.41) is -7.10. The Morgan fingerprint density at radius 3 is 1.76 bits per heavy atom. The van der Waals surface area contributed by atoms with E-state index in [4.69, 9.17) is 0 Å². The van der Waals surface area contributed by atoms with E-state index in [1.165, 1.54) is 0 Å².